The maximum atomic E-state index is 12.4. The number of aryl methyl sites for hydroxylation is 2. The maximum absolute atomic E-state index is 12.4. The number of rotatable bonds is 4. The molecule has 0 unspecified atom stereocenters. The van der Waals surface area contributed by atoms with Crippen molar-refractivity contribution in [2.75, 3.05) is 31.1 Å². The number of nitro groups is 1. The van der Waals surface area contributed by atoms with E-state index in [1.165, 1.54) is 0 Å². The summed E-state index contributed by atoms with van der Waals surface area (Å²) in [5.74, 6) is 0.522. The van der Waals surface area contributed by atoms with Gasteiger partial charge in [0.05, 0.1) is 11.3 Å². The Labute approximate surface area is 145 Å². The highest BCUT2D eigenvalue weighted by Crippen LogP contribution is 2.31. The van der Waals surface area contributed by atoms with Crippen LogP contribution in [0.15, 0.2) is 24.4 Å². The molecule has 9 nitrogen and oxygen atoms in total. The predicted molar refractivity (Wildman–Crippen MR) is 91.3 cm³/mol. The van der Waals surface area contributed by atoms with E-state index < -0.39 is 4.92 Å². The molecule has 9 heteroatoms. The molecule has 2 aromatic rings. The Kier molecular flexibility index (Phi) is 4.64. The van der Waals surface area contributed by atoms with Crippen LogP contribution in [0, 0.1) is 17.0 Å². The van der Waals surface area contributed by atoms with Crippen LogP contribution in [0.25, 0.3) is 0 Å². The summed E-state index contributed by atoms with van der Waals surface area (Å²) in [5, 5.41) is 15.5. The first kappa shape index (κ1) is 16.9. The Balaban J connectivity index is 1.66. The van der Waals surface area contributed by atoms with Gasteiger partial charge in [-0.1, -0.05) is 6.07 Å². The lowest BCUT2D eigenvalue weighted by atomic mass is 10.2. The van der Waals surface area contributed by atoms with Gasteiger partial charge in [0.1, 0.15) is 5.69 Å². The van der Waals surface area contributed by atoms with Gasteiger partial charge in [-0.25, -0.2) is 4.68 Å². The molecule has 25 heavy (non-hydrogen) atoms. The topological polar surface area (TPSA) is 97.4 Å². The first-order chi connectivity index (χ1) is 12.0. The molecule has 0 radical (unpaired) electrons. The van der Waals surface area contributed by atoms with Gasteiger partial charge in [0, 0.05) is 45.1 Å². The zero-order valence-corrected chi connectivity index (χ0v) is 14.3. The van der Waals surface area contributed by atoms with Crippen molar-refractivity contribution in [2.24, 2.45) is 7.05 Å². The third kappa shape index (κ3) is 3.44. The Morgan fingerprint density at radius 3 is 2.60 bits per heavy atom. The minimum Gasteiger partial charge on any atom is -0.348 e. The van der Waals surface area contributed by atoms with Gasteiger partial charge in [0.25, 0.3) is 0 Å². The van der Waals surface area contributed by atoms with Crippen LogP contribution in [0.3, 0.4) is 0 Å². The van der Waals surface area contributed by atoms with E-state index >= 15 is 0 Å². The molecule has 1 saturated heterocycles. The molecule has 1 aliphatic heterocycles. The minimum absolute atomic E-state index is 0.0223. The molecule has 0 bridgehead atoms. The second-order valence-corrected chi connectivity index (χ2v) is 6.00. The Morgan fingerprint density at radius 2 is 2.00 bits per heavy atom. The van der Waals surface area contributed by atoms with Gasteiger partial charge in [-0.3, -0.25) is 19.9 Å². The standard InChI is InChI=1S/C16H20N6O3/c1-12-15(22(24)25)16(19(2)18-12)21-9-7-20(8-10-21)14(23)11-13-5-3-4-6-17-13/h3-6H,7-11H2,1-2H3. The molecule has 1 amide bonds. The van der Waals surface area contributed by atoms with Gasteiger partial charge in [0.2, 0.25) is 11.7 Å². The van der Waals surface area contributed by atoms with Crippen molar-refractivity contribution < 1.29 is 9.72 Å². The van der Waals surface area contributed by atoms with Crippen LogP contribution in [0.5, 0.6) is 0 Å². The van der Waals surface area contributed by atoms with Crippen molar-refractivity contribution in [3.8, 4) is 0 Å². The second-order valence-electron chi connectivity index (χ2n) is 6.00. The lowest BCUT2D eigenvalue weighted by Crippen LogP contribution is -2.49. The van der Waals surface area contributed by atoms with E-state index in [0.717, 1.165) is 5.69 Å². The zero-order valence-electron chi connectivity index (χ0n) is 14.3. The fourth-order valence-corrected chi connectivity index (χ4v) is 3.14. The van der Waals surface area contributed by atoms with Crippen molar-refractivity contribution >= 4 is 17.4 Å². The third-order valence-corrected chi connectivity index (χ3v) is 4.33. The van der Waals surface area contributed by atoms with Gasteiger partial charge in [-0.2, -0.15) is 5.10 Å². The van der Waals surface area contributed by atoms with Gasteiger partial charge >= 0.3 is 5.69 Å². The molecule has 132 valence electrons. The summed E-state index contributed by atoms with van der Waals surface area (Å²) in [6.45, 7) is 3.75. The summed E-state index contributed by atoms with van der Waals surface area (Å²) < 4.78 is 1.54. The third-order valence-electron chi connectivity index (χ3n) is 4.33. The van der Waals surface area contributed by atoms with Gasteiger partial charge < -0.3 is 9.80 Å². The van der Waals surface area contributed by atoms with Crippen LogP contribution >= 0.6 is 0 Å². The SMILES string of the molecule is Cc1nn(C)c(N2CCN(C(=O)Cc3ccccn3)CC2)c1[N+](=O)[O-]. The highest BCUT2D eigenvalue weighted by Gasteiger charge is 2.31. The molecule has 3 heterocycles. The minimum atomic E-state index is -0.393. The summed E-state index contributed by atoms with van der Waals surface area (Å²) in [6, 6.07) is 5.50. The molecule has 0 saturated carbocycles. The first-order valence-electron chi connectivity index (χ1n) is 8.08. The fourth-order valence-electron chi connectivity index (χ4n) is 3.14. The number of pyridine rings is 1. The number of carbonyl (C=O) groups is 1. The normalized spacial score (nSPS) is 14.6. The van der Waals surface area contributed by atoms with Crippen LogP contribution in [0.4, 0.5) is 11.5 Å². The number of amides is 1. The van der Waals surface area contributed by atoms with E-state index in [1.807, 2.05) is 23.1 Å². The maximum Gasteiger partial charge on any atom is 0.333 e. The van der Waals surface area contributed by atoms with Gasteiger partial charge in [-0.15, -0.1) is 0 Å². The number of anilines is 1. The number of nitrogens with zero attached hydrogens (tertiary/aromatic N) is 6. The Morgan fingerprint density at radius 1 is 1.28 bits per heavy atom. The van der Waals surface area contributed by atoms with Crippen LogP contribution in [-0.2, 0) is 18.3 Å². The van der Waals surface area contributed by atoms with E-state index in [1.54, 1.807) is 29.7 Å². The lowest BCUT2D eigenvalue weighted by molar-refractivity contribution is -0.384. The molecule has 0 spiro atoms. The van der Waals surface area contributed by atoms with Crippen molar-refractivity contribution in [1.82, 2.24) is 19.7 Å². The average Bonchev–Trinajstić information content (AvgIpc) is 2.90. The lowest BCUT2D eigenvalue weighted by Gasteiger charge is -2.35. The number of hydrogen-bond donors (Lipinski definition) is 0. The predicted octanol–water partition coefficient (Wildman–Crippen LogP) is 0.923. The van der Waals surface area contributed by atoms with E-state index in [-0.39, 0.29) is 18.0 Å². The largest absolute Gasteiger partial charge is 0.348 e. The molecular weight excluding hydrogens is 324 g/mol. The van der Waals surface area contributed by atoms with Crippen molar-refractivity contribution in [3.05, 3.63) is 45.9 Å². The molecule has 3 rings (SSSR count). The monoisotopic (exact) mass is 344 g/mol. The van der Waals surface area contributed by atoms with E-state index in [0.29, 0.717) is 37.7 Å². The molecule has 0 aromatic carbocycles. The zero-order chi connectivity index (χ0) is 18.0. The summed E-state index contributed by atoms with van der Waals surface area (Å²) in [5.41, 5.74) is 1.18. The van der Waals surface area contributed by atoms with E-state index in [2.05, 4.69) is 10.1 Å². The molecule has 1 fully saturated rings. The number of carbonyl (C=O) groups excluding carboxylic acids is 1. The molecule has 1 aliphatic rings. The van der Waals surface area contributed by atoms with Crippen LogP contribution < -0.4 is 4.90 Å². The molecule has 0 aliphatic carbocycles. The molecule has 0 atom stereocenters. The summed E-state index contributed by atoms with van der Waals surface area (Å²) in [4.78, 5) is 31.2. The Bertz CT molecular complexity index is 781. The Hall–Kier alpha value is -2.97. The molecular formula is C16H20N6O3. The van der Waals surface area contributed by atoms with Gasteiger partial charge in [-0.05, 0) is 19.1 Å². The second kappa shape index (κ2) is 6.88. The summed E-state index contributed by atoms with van der Waals surface area (Å²) >= 11 is 0. The number of piperazine rings is 1. The van der Waals surface area contributed by atoms with Gasteiger partial charge in [0.15, 0.2) is 0 Å². The highest BCUT2D eigenvalue weighted by molar-refractivity contribution is 5.78. The number of hydrogen-bond acceptors (Lipinski definition) is 6. The van der Waals surface area contributed by atoms with E-state index in [9.17, 15) is 14.9 Å². The summed E-state index contributed by atoms with van der Waals surface area (Å²) in [7, 11) is 1.70. The number of aromatic nitrogens is 3. The summed E-state index contributed by atoms with van der Waals surface area (Å²) in [6.07, 6.45) is 1.94. The van der Waals surface area contributed by atoms with Crippen molar-refractivity contribution in [1.29, 1.82) is 0 Å². The first-order valence-corrected chi connectivity index (χ1v) is 8.08. The van der Waals surface area contributed by atoms with E-state index in [4.69, 9.17) is 0 Å². The average molecular weight is 344 g/mol. The van der Waals surface area contributed by atoms with Crippen LogP contribution in [-0.4, -0.2) is 56.7 Å². The molecule has 0 N–H and O–H groups in total. The smallest absolute Gasteiger partial charge is 0.333 e. The van der Waals surface area contributed by atoms with Crippen LogP contribution in [0.1, 0.15) is 11.4 Å². The highest BCUT2D eigenvalue weighted by atomic mass is 16.6. The van der Waals surface area contributed by atoms with Crippen molar-refractivity contribution in [3.63, 3.8) is 0 Å². The van der Waals surface area contributed by atoms with Crippen LogP contribution in [0.2, 0.25) is 0 Å². The fraction of sp³-hybridized carbons (Fsp3) is 0.438. The van der Waals surface area contributed by atoms with Crippen molar-refractivity contribution in [2.45, 2.75) is 13.3 Å². The molecule has 2 aromatic heterocycles. The quantitative estimate of drug-likeness (QED) is 0.604.